The number of rotatable bonds is 3. The van der Waals surface area contributed by atoms with Crippen LogP contribution in [0.4, 0.5) is 4.39 Å². The summed E-state index contributed by atoms with van der Waals surface area (Å²) in [5, 5.41) is 0. The molecule has 0 aromatic heterocycles. The van der Waals surface area contributed by atoms with Crippen LogP contribution in [0.25, 0.3) is 0 Å². The molecule has 0 heterocycles. The predicted octanol–water partition coefficient (Wildman–Crippen LogP) is 3.84. The number of halogens is 1. The normalized spacial score (nSPS) is 13.4. The first kappa shape index (κ1) is 12.9. The van der Waals surface area contributed by atoms with Crippen molar-refractivity contribution in [1.29, 1.82) is 0 Å². The lowest BCUT2D eigenvalue weighted by Crippen LogP contribution is -1.99. The zero-order valence-electron chi connectivity index (χ0n) is 11.3. The molecule has 0 saturated carbocycles. The van der Waals surface area contributed by atoms with Gasteiger partial charge in [-0.2, -0.15) is 0 Å². The fourth-order valence-electron chi connectivity index (χ4n) is 2.48. The second-order valence-corrected chi connectivity index (χ2v) is 5.10. The second-order valence-electron chi connectivity index (χ2n) is 5.10. The number of hydrogen-bond donors (Lipinski definition) is 0. The minimum atomic E-state index is -0.256. The van der Waals surface area contributed by atoms with Crippen LogP contribution in [0, 0.1) is 12.7 Å². The lowest BCUT2D eigenvalue weighted by Gasteiger charge is -2.10. The molecule has 0 fully saturated rings. The highest BCUT2D eigenvalue weighted by Crippen LogP contribution is 2.26. The van der Waals surface area contributed by atoms with Gasteiger partial charge in [0.2, 0.25) is 0 Å². The molecule has 3 heteroatoms. The summed E-state index contributed by atoms with van der Waals surface area (Å²) in [4.78, 5) is 11.6. The molecule has 0 atom stereocenters. The number of fused-ring (bicyclic) bond motifs is 1. The van der Waals surface area contributed by atoms with Crippen LogP contribution in [-0.4, -0.2) is 5.78 Å². The first-order valence-corrected chi connectivity index (χ1v) is 6.67. The summed E-state index contributed by atoms with van der Waals surface area (Å²) in [5.74, 6) is 0.670. The van der Waals surface area contributed by atoms with Crippen molar-refractivity contribution in [3.05, 3.63) is 64.5 Å². The zero-order chi connectivity index (χ0) is 14.1. The van der Waals surface area contributed by atoms with Gasteiger partial charge in [-0.3, -0.25) is 4.79 Å². The fraction of sp³-hybridized carbons (Fsp3) is 0.235. The molecule has 3 rings (SSSR count). The Morgan fingerprint density at radius 2 is 2.00 bits per heavy atom. The van der Waals surface area contributed by atoms with Crippen LogP contribution in [-0.2, 0) is 13.0 Å². The topological polar surface area (TPSA) is 26.3 Å². The van der Waals surface area contributed by atoms with Gasteiger partial charge in [-0.15, -0.1) is 0 Å². The molecule has 2 aromatic carbocycles. The average molecular weight is 270 g/mol. The molecule has 0 saturated heterocycles. The van der Waals surface area contributed by atoms with Crippen LogP contribution in [0.3, 0.4) is 0 Å². The van der Waals surface area contributed by atoms with Crippen molar-refractivity contribution < 1.29 is 13.9 Å². The van der Waals surface area contributed by atoms with Crippen LogP contribution in [0.5, 0.6) is 5.75 Å². The van der Waals surface area contributed by atoms with Crippen LogP contribution < -0.4 is 4.74 Å². The lowest BCUT2D eigenvalue weighted by molar-refractivity contribution is 0.0994. The van der Waals surface area contributed by atoms with Crippen LogP contribution >= 0.6 is 0 Å². The van der Waals surface area contributed by atoms with E-state index in [4.69, 9.17) is 4.74 Å². The molecule has 0 bridgehead atoms. The standard InChI is InChI=1S/C17H15FO2/c1-11-2-4-14(18)8-13(11)10-20-15-5-6-16-12(9-15)3-7-17(16)19/h2,4-6,8-9H,3,7,10H2,1H3. The van der Waals surface area contributed by atoms with Crippen molar-refractivity contribution in [2.24, 2.45) is 0 Å². The predicted molar refractivity (Wildman–Crippen MR) is 74.6 cm³/mol. The van der Waals surface area contributed by atoms with Gasteiger partial charge >= 0.3 is 0 Å². The van der Waals surface area contributed by atoms with Crippen LogP contribution in [0.1, 0.15) is 33.5 Å². The van der Waals surface area contributed by atoms with Gasteiger partial charge in [0, 0.05) is 12.0 Å². The van der Waals surface area contributed by atoms with E-state index in [0.717, 1.165) is 34.4 Å². The number of ether oxygens (including phenoxy) is 1. The number of carbonyl (C=O) groups is 1. The second kappa shape index (κ2) is 5.08. The first-order chi connectivity index (χ1) is 9.63. The Balaban J connectivity index is 1.76. The molecule has 0 unspecified atom stereocenters. The monoisotopic (exact) mass is 270 g/mol. The molecule has 0 radical (unpaired) electrons. The molecule has 2 nitrogen and oxygen atoms in total. The van der Waals surface area contributed by atoms with Gasteiger partial charge in [0.1, 0.15) is 18.2 Å². The summed E-state index contributed by atoms with van der Waals surface area (Å²) in [6, 6.07) is 10.2. The molecule has 0 spiro atoms. The van der Waals surface area contributed by atoms with Crippen molar-refractivity contribution in [3.8, 4) is 5.75 Å². The lowest BCUT2D eigenvalue weighted by atomic mass is 10.1. The molecule has 2 aromatic rings. The smallest absolute Gasteiger partial charge is 0.163 e. The van der Waals surface area contributed by atoms with Crippen molar-refractivity contribution in [2.75, 3.05) is 0 Å². The summed E-state index contributed by atoms with van der Waals surface area (Å²) in [6.45, 7) is 2.26. The fourth-order valence-corrected chi connectivity index (χ4v) is 2.48. The molecule has 20 heavy (non-hydrogen) atoms. The highest BCUT2D eigenvalue weighted by atomic mass is 19.1. The third-order valence-electron chi connectivity index (χ3n) is 3.70. The average Bonchev–Trinajstić information content (AvgIpc) is 2.81. The first-order valence-electron chi connectivity index (χ1n) is 6.67. The number of Topliss-reactive ketones (excluding diaryl/α,β-unsaturated/α-hetero) is 1. The molecule has 0 amide bonds. The van der Waals surface area contributed by atoms with Crippen LogP contribution in [0.15, 0.2) is 36.4 Å². The minimum Gasteiger partial charge on any atom is -0.489 e. The number of aryl methyl sites for hydroxylation is 2. The number of carbonyl (C=O) groups excluding carboxylic acids is 1. The summed E-state index contributed by atoms with van der Waals surface area (Å²) < 4.78 is 18.9. The molecule has 102 valence electrons. The van der Waals surface area contributed by atoms with Gasteiger partial charge in [-0.25, -0.2) is 4.39 Å². The van der Waals surface area contributed by atoms with E-state index < -0.39 is 0 Å². The van der Waals surface area contributed by atoms with Gasteiger partial charge in [0.05, 0.1) is 0 Å². The zero-order valence-corrected chi connectivity index (χ0v) is 11.3. The van der Waals surface area contributed by atoms with E-state index in [2.05, 4.69) is 0 Å². The highest BCUT2D eigenvalue weighted by molar-refractivity contribution is 6.00. The molecule has 1 aliphatic carbocycles. The molecular weight excluding hydrogens is 255 g/mol. The Bertz CT molecular complexity index is 677. The van der Waals surface area contributed by atoms with E-state index >= 15 is 0 Å². The van der Waals surface area contributed by atoms with Gasteiger partial charge in [0.15, 0.2) is 5.78 Å². The van der Waals surface area contributed by atoms with E-state index in [1.165, 1.54) is 12.1 Å². The van der Waals surface area contributed by atoms with Crippen LogP contribution in [0.2, 0.25) is 0 Å². The van der Waals surface area contributed by atoms with Crippen molar-refractivity contribution in [1.82, 2.24) is 0 Å². The van der Waals surface area contributed by atoms with Gasteiger partial charge < -0.3 is 4.74 Å². The number of ketones is 1. The maximum absolute atomic E-state index is 13.2. The largest absolute Gasteiger partial charge is 0.489 e. The Kier molecular flexibility index (Phi) is 3.26. The van der Waals surface area contributed by atoms with Crippen molar-refractivity contribution in [2.45, 2.75) is 26.4 Å². The summed E-state index contributed by atoms with van der Waals surface area (Å²) >= 11 is 0. The van der Waals surface area contributed by atoms with Gasteiger partial charge in [-0.1, -0.05) is 6.07 Å². The summed E-state index contributed by atoms with van der Waals surface area (Å²) in [6.07, 6.45) is 1.37. The highest BCUT2D eigenvalue weighted by Gasteiger charge is 2.19. The van der Waals surface area contributed by atoms with Crippen molar-refractivity contribution in [3.63, 3.8) is 0 Å². The summed E-state index contributed by atoms with van der Waals surface area (Å²) in [7, 11) is 0. The third kappa shape index (κ3) is 2.44. The maximum Gasteiger partial charge on any atom is 0.163 e. The quantitative estimate of drug-likeness (QED) is 0.847. The Morgan fingerprint density at radius 1 is 1.15 bits per heavy atom. The minimum absolute atomic E-state index is 0.201. The number of hydrogen-bond acceptors (Lipinski definition) is 2. The number of benzene rings is 2. The summed E-state index contributed by atoms with van der Waals surface area (Å²) in [5.41, 5.74) is 3.69. The van der Waals surface area contributed by atoms with Gasteiger partial charge in [-0.05, 0) is 60.4 Å². The van der Waals surface area contributed by atoms with E-state index in [-0.39, 0.29) is 11.6 Å². The Morgan fingerprint density at radius 3 is 2.85 bits per heavy atom. The van der Waals surface area contributed by atoms with E-state index in [0.29, 0.717) is 13.0 Å². The molecular formula is C17H15FO2. The Labute approximate surface area is 117 Å². The molecule has 1 aliphatic rings. The third-order valence-corrected chi connectivity index (χ3v) is 3.70. The van der Waals surface area contributed by atoms with Crippen molar-refractivity contribution >= 4 is 5.78 Å². The van der Waals surface area contributed by atoms with Gasteiger partial charge in [0.25, 0.3) is 0 Å². The molecule has 0 aliphatic heterocycles. The van der Waals surface area contributed by atoms with E-state index in [1.807, 2.05) is 19.1 Å². The molecule has 0 N–H and O–H groups in total. The SMILES string of the molecule is Cc1ccc(F)cc1COc1ccc2c(c1)CCC2=O. The van der Waals surface area contributed by atoms with E-state index in [9.17, 15) is 9.18 Å². The Hall–Kier alpha value is -2.16. The van der Waals surface area contributed by atoms with E-state index in [1.54, 1.807) is 12.1 Å². The maximum atomic E-state index is 13.2.